The van der Waals surface area contributed by atoms with E-state index in [-0.39, 0.29) is 25.7 Å². The SMILES string of the molecule is Cc1cc(C)c(OCC(=O)NCCO)c(C)c1. The zero-order chi connectivity index (χ0) is 12.8. The number of aliphatic hydroxyl groups excluding tert-OH is 1. The molecular formula is C13H19NO3. The number of nitrogens with one attached hydrogen (secondary N) is 1. The van der Waals surface area contributed by atoms with E-state index < -0.39 is 0 Å². The zero-order valence-electron chi connectivity index (χ0n) is 10.5. The summed E-state index contributed by atoms with van der Waals surface area (Å²) in [5, 5.41) is 11.1. The van der Waals surface area contributed by atoms with Crippen molar-refractivity contribution in [2.45, 2.75) is 20.8 Å². The highest BCUT2D eigenvalue weighted by Gasteiger charge is 2.07. The average molecular weight is 237 g/mol. The van der Waals surface area contributed by atoms with Crippen LogP contribution in [0, 0.1) is 20.8 Å². The number of carbonyl (C=O) groups excluding carboxylic acids is 1. The first-order valence-corrected chi connectivity index (χ1v) is 5.62. The fourth-order valence-corrected chi connectivity index (χ4v) is 1.78. The van der Waals surface area contributed by atoms with Crippen molar-refractivity contribution in [2.24, 2.45) is 0 Å². The first-order valence-electron chi connectivity index (χ1n) is 5.62. The van der Waals surface area contributed by atoms with Crippen LogP contribution in [0.4, 0.5) is 0 Å². The van der Waals surface area contributed by atoms with Crippen molar-refractivity contribution in [3.05, 3.63) is 28.8 Å². The highest BCUT2D eigenvalue weighted by molar-refractivity contribution is 5.77. The predicted molar refractivity (Wildman–Crippen MR) is 66.2 cm³/mol. The largest absolute Gasteiger partial charge is 0.483 e. The Kier molecular flexibility index (Phi) is 4.97. The van der Waals surface area contributed by atoms with E-state index in [9.17, 15) is 4.79 Å². The number of hydrogen-bond donors (Lipinski definition) is 2. The van der Waals surface area contributed by atoms with Gasteiger partial charge in [-0.1, -0.05) is 17.7 Å². The molecule has 0 bridgehead atoms. The molecule has 4 nitrogen and oxygen atoms in total. The molecule has 0 saturated heterocycles. The van der Waals surface area contributed by atoms with E-state index in [1.807, 2.05) is 32.9 Å². The monoisotopic (exact) mass is 237 g/mol. The van der Waals surface area contributed by atoms with Crippen LogP contribution in [0.2, 0.25) is 0 Å². The summed E-state index contributed by atoms with van der Waals surface area (Å²) in [6, 6.07) is 4.04. The molecule has 4 heteroatoms. The first kappa shape index (κ1) is 13.5. The normalized spacial score (nSPS) is 10.1. The maximum absolute atomic E-state index is 11.3. The van der Waals surface area contributed by atoms with Crippen LogP contribution in [0.25, 0.3) is 0 Å². The van der Waals surface area contributed by atoms with Crippen LogP contribution in [0.3, 0.4) is 0 Å². The van der Waals surface area contributed by atoms with Gasteiger partial charge in [0, 0.05) is 6.54 Å². The van der Waals surface area contributed by atoms with Gasteiger partial charge in [-0.3, -0.25) is 4.79 Å². The molecule has 94 valence electrons. The number of benzene rings is 1. The third-order valence-electron chi connectivity index (χ3n) is 2.39. The fourth-order valence-electron chi connectivity index (χ4n) is 1.78. The number of aliphatic hydroxyl groups is 1. The number of amides is 1. The van der Waals surface area contributed by atoms with Crippen molar-refractivity contribution in [1.82, 2.24) is 5.32 Å². The number of rotatable bonds is 5. The van der Waals surface area contributed by atoms with Crippen molar-refractivity contribution in [3.8, 4) is 5.75 Å². The lowest BCUT2D eigenvalue weighted by Gasteiger charge is -2.12. The summed E-state index contributed by atoms with van der Waals surface area (Å²) in [6.07, 6.45) is 0. The van der Waals surface area contributed by atoms with Gasteiger partial charge >= 0.3 is 0 Å². The number of hydrogen-bond acceptors (Lipinski definition) is 3. The summed E-state index contributed by atoms with van der Waals surface area (Å²) < 4.78 is 5.49. The minimum absolute atomic E-state index is 0.0231. The molecule has 1 rings (SSSR count). The molecule has 0 unspecified atom stereocenters. The van der Waals surface area contributed by atoms with E-state index in [1.54, 1.807) is 0 Å². The quantitative estimate of drug-likeness (QED) is 0.806. The van der Waals surface area contributed by atoms with E-state index in [4.69, 9.17) is 9.84 Å². The van der Waals surface area contributed by atoms with Gasteiger partial charge in [0.2, 0.25) is 0 Å². The minimum Gasteiger partial charge on any atom is -0.483 e. The standard InChI is InChI=1S/C13H19NO3/c1-9-6-10(2)13(11(3)7-9)17-8-12(16)14-4-5-15/h6-7,15H,4-5,8H2,1-3H3,(H,14,16). The molecule has 17 heavy (non-hydrogen) atoms. The summed E-state index contributed by atoms with van der Waals surface area (Å²) in [5.41, 5.74) is 3.23. The summed E-state index contributed by atoms with van der Waals surface area (Å²) in [5.74, 6) is 0.535. The maximum atomic E-state index is 11.3. The van der Waals surface area contributed by atoms with Gasteiger partial charge in [0.25, 0.3) is 5.91 Å². The van der Waals surface area contributed by atoms with Crippen LogP contribution in [0.5, 0.6) is 5.75 Å². The smallest absolute Gasteiger partial charge is 0.258 e. The Balaban J connectivity index is 2.60. The van der Waals surface area contributed by atoms with Gasteiger partial charge in [-0.25, -0.2) is 0 Å². The van der Waals surface area contributed by atoms with Crippen LogP contribution in [-0.4, -0.2) is 30.8 Å². The first-order chi connectivity index (χ1) is 8.04. The van der Waals surface area contributed by atoms with Crippen LogP contribution in [-0.2, 0) is 4.79 Å². The summed E-state index contributed by atoms with van der Waals surface area (Å²) in [6.45, 7) is 6.12. The van der Waals surface area contributed by atoms with E-state index >= 15 is 0 Å². The van der Waals surface area contributed by atoms with E-state index in [1.165, 1.54) is 5.56 Å². The van der Waals surface area contributed by atoms with Crippen LogP contribution in [0.1, 0.15) is 16.7 Å². The molecule has 0 atom stereocenters. The third-order valence-corrected chi connectivity index (χ3v) is 2.39. The Morgan fingerprint density at radius 2 is 1.88 bits per heavy atom. The molecule has 0 radical (unpaired) electrons. The molecule has 0 spiro atoms. The molecule has 0 aliphatic rings. The van der Waals surface area contributed by atoms with Crippen LogP contribution in [0.15, 0.2) is 12.1 Å². The average Bonchev–Trinajstić information content (AvgIpc) is 2.24. The molecule has 0 heterocycles. The second-order valence-electron chi connectivity index (χ2n) is 4.09. The van der Waals surface area contributed by atoms with E-state index in [0.717, 1.165) is 16.9 Å². The highest BCUT2D eigenvalue weighted by atomic mass is 16.5. The van der Waals surface area contributed by atoms with Crippen molar-refractivity contribution >= 4 is 5.91 Å². The summed E-state index contributed by atoms with van der Waals surface area (Å²) in [7, 11) is 0. The van der Waals surface area contributed by atoms with Gasteiger partial charge in [0.15, 0.2) is 6.61 Å². The van der Waals surface area contributed by atoms with E-state index in [0.29, 0.717) is 0 Å². The lowest BCUT2D eigenvalue weighted by atomic mass is 10.1. The Hall–Kier alpha value is -1.55. The second-order valence-corrected chi connectivity index (χ2v) is 4.09. The minimum atomic E-state index is -0.224. The molecule has 1 aromatic rings. The summed E-state index contributed by atoms with van der Waals surface area (Å²) >= 11 is 0. The molecule has 1 aromatic carbocycles. The highest BCUT2D eigenvalue weighted by Crippen LogP contribution is 2.24. The van der Waals surface area contributed by atoms with Crippen LogP contribution < -0.4 is 10.1 Å². The fraction of sp³-hybridized carbons (Fsp3) is 0.462. The van der Waals surface area contributed by atoms with Crippen molar-refractivity contribution in [1.29, 1.82) is 0 Å². The Labute approximate surface area is 102 Å². The Morgan fingerprint density at radius 3 is 2.41 bits per heavy atom. The predicted octanol–water partition coefficient (Wildman–Crippen LogP) is 1.10. The van der Waals surface area contributed by atoms with E-state index in [2.05, 4.69) is 5.32 Å². The topological polar surface area (TPSA) is 58.6 Å². The van der Waals surface area contributed by atoms with Gasteiger partial charge < -0.3 is 15.2 Å². The Morgan fingerprint density at radius 1 is 1.29 bits per heavy atom. The maximum Gasteiger partial charge on any atom is 0.258 e. The Bertz CT molecular complexity index is 379. The molecule has 0 aromatic heterocycles. The van der Waals surface area contributed by atoms with Crippen molar-refractivity contribution in [3.63, 3.8) is 0 Å². The molecule has 0 fully saturated rings. The summed E-state index contributed by atoms with van der Waals surface area (Å²) in [4.78, 5) is 11.3. The van der Waals surface area contributed by atoms with Gasteiger partial charge in [-0.2, -0.15) is 0 Å². The number of aryl methyl sites for hydroxylation is 3. The zero-order valence-corrected chi connectivity index (χ0v) is 10.5. The van der Waals surface area contributed by atoms with Gasteiger partial charge in [-0.05, 0) is 31.9 Å². The molecule has 0 saturated carbocycles. The van der Waals surface area contributed by atoms with Gasteiger partial charge in [0.05, 0.1) is 6.61 Å². The second kappa shape index (κ2) is 6.25. The molecule has 0 aliphatic carbocycles. The molecule has 1 amide bonds. The molecule has 2 N–H and O–H groups in total. The lowest BCUT2D eigenvalue weighted by Crippen LogP contribution is -2.31. The van der Waals surface area contributed by atoms with Crippen molar-refractivity contribution in [2.75, 3.05) is 19.8 Å². The molecular weight excluding hydrogens is 218 g/mol. The van der Waals surface area contributed by atoms with Crippen LogP contribution >= 0.6 is 0 Å². The van der Waals surface area contributed by atoms with Gasteiger partial charge in [0.1, 0.15) is 5.75 Å². The lowest BCUT2D eigenvalue weighted by molar-refractivity contribution is -0.123. The van der Waals surface area contributed by atoms with Crippen molar-refractivity contribution < 1.29 is 14.6 Å². The van der Waals surface area contributed by atoms with Gasteiger partial charge in [-0.15, -0.1) is 0 Å². The third kappa shape index (κ3) is 4.07. The number of carbonyl (C=O) groups is 1. The molecule has 0 aliphatic heterocycles. The number of ether oxygens (including phenoxy) is 1.